The van der Waals surface area contributed by atoms with E-state index in [0.717, 1.165) is 38.8 Å². The Hall–Kier alpha value is -1.63. The summed E-state index contributed by atoms with van der Waals surface area (Å²) in [6.45, 7) is 4.09. The van der Waals surface area contributed by atoms with Crippen LogP contribution in [0.15, 0.2) is 4.79 Å². The molecule has 0 radical (unpaired) electrons. The Kier molecular flexibility index (Phi) is 3.60. The average molecular weight is 279 g/mol. The van der Waals surface area contributed by atoms with Gasteiger partial charge in [0.25, 0.3) is 0 Å². The zero-order chi connectivity index (χ0) is 14.1. The molecule has 1 unspecified atom stereocenters. The standard InChI is InChI=1S/C13H21N5O2/c1-9(19)18(10-4-5-10)7-11-3-2-6-17(11)8-12-14-13(20)16-15-12/h10-11H,2-8H2,1H3,(H2,14,15,16,20). The minimum atomic E-state index is -0.265. The molecule has 7 nitrogen and oxygen atoms in total. The number of aromatic nitrogens is 3. The van der Waals surface area contributed by atoms with Gasteiger partial charge in [-0.25, -0.2) is 9.89 Å². The van der Waals surface area contributed by atoms with Gasteiger partial charge in [-0.1, -0.05) is 0 Å². The molecule has 1 amide bonds. The minimum Gasteiger partial charge on any atom is -0.338 e. The third-order valence-electron chi connectivity index (χ3n) is 4.20. The lowest BCUT2D eigenvalue weighted by molar-refractivity contribution is -0.130. The predicted octanol–water partition coefficient (Wildman–Crippen LogP) is 0.0733. The van der Waals surface area contributed by atoms with E-state index in [1.54, 1.807) is 6.92 Å². The van der Waals surface area contributed by atoms with E-state index in [1.807, 2.05) is 4.90 Å². The largest absolute Gasteiger partial charge is 0.340 e. The summed E-state index contributed by atoms with van der Waals surface area (Å²) < 4.78 is 0. The molecule has 7 heteroatoms. The molecule has 2 aliphatic rings. The van der Waals surface area contributed by atoms with Gasteiger partial charge >= 0.3 is 5.69 Å². The van der Waals surface area contributed by atoms with Gasteiger partial charge in [-0.15, -0.1) is 0 Å². The topological polar surface area (TPSA) is 85.1 Å². The van der Waals surface area contributed by atoms with Crippen LogP contribution in [0.2, 0.25) is 0 Å². The number of aromatic amines is 2. The van der Waals surface area contributed by atoms with Crippen LogP contribution >= 0.6 is 0 Å². The highest BCUT2D eigenvalue weighted by Gasteiger charge is 2.35. The van der Waals surface area contributed by atoms with Crippen molar-refractivity contribution in [2.45, 2.75) is 51.2 Å². The summed E-state index contributed by atoms with van der Waals surface area (Å²) in [5.74, 6) is 0.843. The van der Waals surface area contributed by atoms with Gasteiger partial charge in [0, 0.05) is 25.6 Å². The Morgan fingerprint density at radius 1 is 1.45 bits per heavy atom. The van der Waals surface area contributed by atoms with Gasteiger partial charge in [0.1, 0.15) is 5.82 Å². The van der Waals surface area contributed by atoms with Gasteiger partial charge in [0.15, 0.2) is 0 Å². The molecule has 0 aromatic carbocycles. The van der Waals surface area contributed by atoms with Gasteiger partial charge in [-0.3, -0.25) is 14.7 Å². The third kappa shape index (κ3) is 2.92. The Labute approximate surface area is 117 Å². The van der Waals surface area contributed by atoms with Crippen LogP contribution in [0, 0.1) is 0 Å². The smallest absolute Gasteiger partial charge is 0.338 e. The fourth-order valence-corrected chi connectivity index (χ4v) is 3.03. The fraction of sp³-hybridized carbons (Fsp3) is 0.769. The number of nitrogens with zero attached hydrogens (tertiary/aromatic N) is 3. The molecule has 1 saturated heterocycles. The maximum atomic E-state index is 11.7. The fourth-order valence-electron chi connectivity index (χ4n) is 3.03. The monoisotopic (exact) mass is 279 g/mol. The van der Waals surface area contributed by atoms with Crippen molar-refractivity contribution in [1.82, 2.24) is 25.0 Å². The van der Waals surface area contributed by atoms with Crippen LogP contribution in [0.5, 0.6) is 0 Å². The number of amides is 1. The van der Waals surface area contributed by atoms with Gasteiger partial charge in [-0.05, 0) is 32.2 Å². The van der Waals surface area contributed by atoms with E-state index in [0.29, 0.717) is 24.5 Å². The van der Waals surface area contributed by atoms with E-state index in [2.05, 4.69) is 20.1 Å². The number of hydrogen-bond acceptors (Lipinski definition) is 4. The van der Waals surface area contributed by atoms with Crippen LogP contribution in [-0.2, 0) is 11.3 Å². The third-order valence-corrected chi connectivity index (χ3v) is 4.20. The molecule has 1 aromatic rings. The second kappa shape index (κ2) is 5.40. The highest BCUT2D eigenvalue weighted by Crippen LogP contribution is 2.29. The average Bonchev–Trinajstić information content (AvgIpc) is 3.02. The number of likely N-dealkylation sites (tertiary alicyclic amines) is 1. The highest BCUT2D eigenvalue weighted by atomic mass is 16.2. The number of carbonyl (C=O) groups is 1. The van der Waals surface area contributed by atoms with Crippen LogP contribution in [-0.4, -0.2) is 56.1 Å². The predicted molar refractivity (Wildman–Crippen MR) is 73.0 cm³/mol. The first-order chi connectivity index (χ1) is 9.63. The molecule has 2 fully saturated rings. The normalized spacial score (nSPS) is 23.1. The Balaban J connectivity index is 1.62. The van der Waals surface area contributed by atoms with E-state index in [1.165, 1.54) is 0 Å². The van der Waals surface area contributed by atoms with Gasteiger partial charge in [-0.2, -0.15) is 5.10 Å². The van der Waals surface area contributed by atoms with Crippen molar-refractivity contribution in [2.24, 2.45) is 0 Å². The Morgan fingerprint density at radius 3 is 2.85 bits per heavy atom. The van der Waals surface area contributed by atoms with E-state index < -0.39 is 0 Å². The number of hydrogen-bond donors (Lipinski definition) is 2. The molecule has 1 aliphatic heterocycles. The van der Waals surface area contributed by atoms with Crippen molar-refractivity contribution >= 4 is 5.91 Å². The SMILES string of the molecule is CC(=O)N(CC1CCCN1Cc1n[nH]c(=O)[nH]1)C1CC1. The summed E-state index contributed by atoms with van der Waals surface area (Å²) >= 11 is 0. The number of carbonyl (C=O) groups excluding carboxylic acids is 1. The number of rotatable bonds is 5. The van der Waals surface area contributed by atoms with Crippen molar-refractivity contribution in [1.29, 1.82) is 0 Å². The minimum absolute atomic E-state index is 0.174. The first-order valence-electron chi connectivity index (χ1n) is 7.28. The lowest BCUT2D eigenvalue weighted by atomic mass is 10.2. The van der Waals surface area contributed by atoms with Crippen molar-refractivity contribution in [2.75, 3.05) is 13.1 Å². The summed E-state index contributed by atoms with van der Waals surface area (Å²) in [5.41, 5.74) is -0.265. The van der Waals surface area contributed by atoms with Crippen molar-refractivity contribution in [3.63, 3.8) is 0 Å². The maximum Gasteiger partial charge on any atom is 0.340 e. The van der Waals surface area contributed by atoms with Crippen LogP contribution in [0.3, 0.4) is 0 Å². The second-order valence-electron chi connectivity index (χ2n) is 5.79. The second-order valence-corrected chi connectivity index (χ2v) is 5.79. The zero-order valence-corrected chi connectivity index (χ0v) is 11.8. The summed E-state index contributed by atoms with van der Waals surface area (Å²) in [6, 6.07) is 0.833. The lowest BCUT2D eigenvalue weighted by Crippen LogP contribution is -2.43. The highest BCUT2D eigenvalue weighted by molar-refractivity contribution is 5.74. The molecule has 3 rings (SSSR count). The summed E-state index contributed by atoms with van der Waals surface area (Å²) in [7, 11) is 0. The van der Waals surface area contributed by atoms with Crippen LogP contribution in [0.4, 0.5) is 0 Å². The van der Waals surface area contributed by atoms with E-state index in [4.69, 9.17) is 0 Å². The van der Waals surface area contributed by atoms with E-state index >= 15 is 0 Å². The van der Waals surface area contributed by atoms with E-state index in [9.17, 15) is 9.59 Å². The van der Waals surface area contributed by atoms with Gasteiger partial charge < -0.3 is 4.90 Å². The van der Waals surface area contributed by atoms with E-state index in [-0.39, 0.29) is 11.6 Å². The first kappa shape index (κ1) is 13.4. The molecule has 1 saturated carbocycles. The summed E-state index contributed by atoms with van der Waals surface area (Å²) in [4.78, 5) is 29.8. The number of H-pyrrole nitrogens is 2. The van der Waals surface area contributed by atoms with Crippen molar-refractivity contribution < 1.29 is 4.79 Å². The molecule has 110 valence electrons. The van der Waals surface area contributed by atoms with Crippen molar-refractivity contribution in [3.8, 4) is 0 Å². The van der Waals surface area contributed by atoms with Crippen LogP contribution in [0.25, 0.3) is 0 Å². The molecule has 2 N–H and O–H groups in total. The molecular formula is C13H21N5O2. The molecule has 1 aromatic heterocycles. The zero-order valence-electron chi connectivity index (χ0n) is 11.8. The molecule has 0 spiro atoms. The number of nitrogens with one attached hydrogen (secondary N) is 2. The van der Waals surface area contributed by atoms with Crippen LogP contribution in [0.1, 0.15) is 38.4 Å². The molecule has 1 aliphatic carbocycles. The Morgan fingerprint density at radius 2 is 2.25 bits per heavy atom. The Bertz CT molecular complexity index is 533. The molecular weight excluding hydrogens is 258 g/mol. The summed E-state index contributed by atoms with van der Waals surface area (Å²) in [6.07, 6.45) is 4.51. The molecule has 0 bridgehead atoms. The lowest BCUT2D eigenvalue weighted by Gasteiger charge is -2.29. The summed E-state index contributed by atoms with van der Waals surface area (Å²) in [5, 5.41) is 6.35. The van der Waals surface area contributed by atoms with Crippen molar-refractivity contribution in [3.05, 3.63) is 16.3 Å². The molecule has 1 atom stereocenters. The molecule has 20 heavy (non-hydrogen) atoms. The van der Waals surface area contributed by atoms with Gasteiger partial charge in [0.2, 0.25) is 5.91 Å². The van der Waals surface area contributed by atoms with Crippen LogP contribution < -0.4 is 5.69 Å². The maximum absolute atomic E-state index is 11.7. The quantitative estimate of drug-likeness (QED) is 0.799. The van der Waals surface area contributed by atoms with Gasteiger partial charge in [0.05, 0.1) is 6.54 Å². The molecule has 2 heterocycles. The first-order valence-corrected chi connectivity index (χ1v) is 7.28.